The molecule has 24 heavy (non-hydrogen) atoms. The molecule has 0 unspecified atom stereocenters. The lowest BCUT2D eigenvalue weighted by atomic mass is 10.2. The van der Waals surface area contributed by atoms with Crippen molar-refractivity contribution in [3.05, 3.63) is 96.6 Å². The van der Waals surface area contributed by atoms with Crippen LogP contribution >= 0.6 is 0 Å². The third-order valence-corrected chi connectivity index (χ3v) is 2.96. The molecule has 5 heteroatoms. The monoisotopic (exact) mass is 318 g/mol. The van der Waals surface area contributed by atoms with Gasteiger partial charge in [-0.1, -0.05) is 54.6 Å². The zero-order valence-corrected chi connectivity index (χ0v) is 13.0. The largest absolute Gasteiger partial charge is 0.290 e. The molecule has 3 N–H and O–H groups in total. The number of nitrogens with two attached hydrogens (primary N) is 1. The lowest BCUT2D eigenvalue weighted by molar-refractivity contribution is 0.0953. The van der Waals surface area contributed by atoms with Crippen LogP contribution in [0.3, 0.4) is 0 Å². The molecule has 0 bridgehead atoms. The Bertz CT molecular complexity index is 718. The van der Waals surface area contributed by atoms with Crippen molar-refractivity contribution in [1.29, 1.82) is 0 Å². The highest BCUT2D eigenvalue weighted by Gasteiger charge is 1.98. The molecule has 3 aromatic rings. The summed E-state index contributed by atoms with van der Waals surface area (Å²) in [4.78, 5) is 10.8. The molecule has 3 aromatic carbocycles. The second-order valence-corrected chi connectivity index (χ2v) is 4.71. The summed E-state index contributed by atoms with van der Waals surface area (Å²) in [7, 11) is 0. The summed E-state index contributed by atoms with van der Waals surface area (Å²) in [5.41, 5.74) is 4.36. The van der Waals surface area contributed by atoms with E-state index in [9.17, 15) is 4.79 Å². The average molecular weight is 318 g/mol. The number of rotatable bonds is 3. The number of amides is 1. The Morgan fingerprint density at radius 3 is 1.42 bits per heavy atom. The smallest absolute Gasteiger partial charge is 0.265 e. The molecule has 0 spiro atoms. The van der Waals surface area contributed by atoms with Crippen molar-refractivity contribution >= 4 is 17.3 Å². The summed E-state index contributed by atoms with van der Waals surface area (Å²) in [5.74, 6) is 4.64. The molecular weight excluding hydrogens is 300 g/mol. The fourth-order valence-electron chi connectivity index (χ4n) is 1.78. The van der Waals surface area contributed by atoms with Crippen molar-refractivity contribution in [1.82, 2.24) is 5.43 Å². The first kappa shape index (κ1) is 17.1. The van der Waals surface area contributed by atoms with E-state index in [1.807, 2.05) is 72.2 Å². The van der Waals surface area contributed by atoms with Gasteiger partial charge in [0.25, 0.3) is 5.91 Å². The maximum atomic E-state index is 10.8. The first-order valence-corrected chi connectivity index (χ1v) is 7.37. The fourth-order valence-corrected chi connectivity index (χ4v) is 1.78. The molecule has 0 aromatic heterocycles. The quantitative estimate of drug-likeness (QED) is 0.325. The molecule has 0 aliphatic rings. The Kier molecular flexibility index (Phi) is 6.86. The molecule has 0 atom stereocenters. The fraction of sp³-hybridized carbons (Fsp3) is 0. The number of carbonyl (C=O) groups excluding carboxylic acids is 1. The lowest BCUT2D eigenvalue weighted by Gasteiger charge is -1.95. The SMILES string of the molecule is NNC(=O)c1ccccc1.c1ccc(N=Nc2ccccc2)cc1. The predicted octanol–water partition coefficient (Wildman–Crippen LogP) is 4.39. The van der Waals surface area contributed by atoms with Crippen LogP contribution in [0, 0.1) is 0 Å². The third kappa shape index (κ3) is 5.82. The molecule has 0 heterocycles. The minimum absolute atomic E-state index is 0.263. The maximum Gasteiger partial charge on any atom is 0.265 e. The van der Waals surface area contributed by atoms with Crippen molar-refractivity contribution in [2.24, 2.45) is 16.1 Å². The number of carbonyl (C=O) groups is 1. The van der Waals surface area contributed by atoms with Gasteiger partial charge in [-0.2, -0.15) is 10.2 Å². The first-order chi connectivity index (χ1) is 11.8. The van der Waals surface area contributed by atoms with E-state index in [2.05, 4.69) is 10.2 Å². The van der Waals surface area contributed by atoms with Crippen LogP contribution in [0.15, 0.2) is 101 Å². The lowest BCUT2D eigenvalue weighted by Crippen LogP contribution is -2.29. The number of benzene rings is 3. The van der Waals surface area contributed by atoms with E-state index in [0.717, 1.165) is 11.4 Å². The number of hydrazine groups is 1. The van der Waals surface area contributed by atoms with Gasteiger partial charge < -0.3 is 0 Å². The van der Waals surface area contributed by atoms with Gasteiger partial charge in [0.2, 0.25) is 0 Å². The third-order valence-electron chi connectivity index (χ3n) is 2.96. The molecule has 0 aliphatic carbocycles. The van der Waals surface area contributed by atoms with Crippen LogP contribution < -0.4 is 11.3 Å². The average Bonchev–Trinajstić information content (AvgIpc) is 2.68. The summed E-state index contributed by atoms with van der Waals surface area (Å²) in [5, 5.41) is 8.20. The number of nitrogen functional groups attached to an aromatic ring is 1. The topological polar surface area (TPSA) is 79.8 Å². The van der Waals surface area contributed by atoms with Gasteiger partial charge in [0.15, 0.2) is 0 Å². The zero-order valence-electron chi connectivity index (χ0n) is 13.0. The summed E-state index contributed by atoms with van der Waals surface area (Å²) >= 11 is 0. The van der Waals surface area contributed by atoms with E-state index < -0.39 is 0 Å². The van der Waals surface area contributed by atoms with Crippen LogP contribution in [-0.4, -0.2) is 5.91 Å². The molecule has 0 saturated carbocycles. The normalized spacial score (nSPS) is 9.88. The second kappa shape index (κ2) is 9.66. The Morgan fingerprint density at radius 1 is 0.667 bits per heavy atom. The number of nitrogens with one attached hydrogen (secondary N) is 1. The van der Waals surface area contributed by atoms with Gasteiger partial charge in [-0.05, 0) is 36.4 Å². The predicted molar refractivity (Wildman–Crippen MR) is 95.2 cm³/mol. The van der Waals surface area contributed by atoms with Crippen molar-refractivity contribution in [2.75, 3.05) is 0 Å². The van der Waals surface area contributed by atoms with Crippen LogP contribution in [0.2, 0.25) is 0 Å². The molecule has 120 valence electrons. The number of nitrogens with zero attached hydrogens (tertiary/aromatic N) is 2. The van der Waals surface area contributed by atoms with Gasteiger partial charge in [0.05, 0.1) is 11.4 Å². The molecule has 1 amide bonds. The van der Waals surface area contributed by atoms with Gasteiger partial charge >= 0.3 is 0 Å². The van der Waals surface area contributed by atoms with Gasteiger partial charge in [0.1, 0.15) is 0 Å². The Morgan fingerprint density at radius 2 is 1.04 bits per heavy atom. The minimum Gasteiger partial charge on any atom is -0.290 e. The minimum atomic E-state index is -0.263. The maximum absolute atomic E-state index is 10.8. The summed E-state index contributed by atoms with van der Waals surface area (Å²) < 4.78 is 0. The van der Waals surface area contributed by atoms with Crippen molar-refractivity contribution in [2.45, 2.75) is 0 Å². The molecule has 5 nitrogen and oxygen atoms in total. The standard InChI is InChI=1S/C12H10N2.C7H8N2O/c1-3-7-11(8-4-1)13-14-12-9-5-2-6-10-12;8-9-7(10)6-4-2-1-3-5-6/h1-10H;1-5H,8H2,(H,9,10). The summed E-state index contributed by atoms with van der Waals surface area (Å²) in [6.07, 6.45) is 0. The number of hydrogen-bond acceptors (Lipinski definition) is 4. The highest BCUT2D eigenvalue weighted by atomic mass is 16.2. The molecule has 0 radical (unpaired) electrons. The van der Waals surface area contributed by atoms with Crippen molar-refractivity contribution in [3.63, 3.8) is 0 Å². The van der Waals surface area contributed by atoms with Crippen LogP contribution in [0.4, 0.5) is 11.4 Å². The number of azo groups is 1. The van der Waals surface area contributed by atoms with E-state index in [1.54, 1.807) is 24.3 Å². The van der Waals surface area contributed by atoms with Crippen LogP contribution in [0.5, 0.6) is 0 Å². The van der Waals surface area contributed by atoms with E-state index >= 15 is 0 Å². The van der Waals surface area contributed by atoms with E-state index in [-0.39, 0.29) is 5.91 Å². The van der Waals surface area contributed by atoms with E-state index in [1.165, 1.54) is 0 Å². The summed E-state index contributed by atoms with van der Waals surface area (Å²) in [6, 6.07) is 28.2. The second-order valence-electron chi connectivity index (χ2n) is 4.71. The molecule has 3 rings (SSSR count). The van der Waals surface area contributed by atoms with Crippen LogP contribution in [0.25, 0.3) is 0 Å². The Balaban J connectivity index is 0.000000185. The summed E-state index contributed by atoms with van der Waals surface area (Å²) in [6.45, 7) is 0. The van der Waals surface area contributed by atoms with Gasteiger partial charge in [0, 0.05) is 5.56 Å². The van der Waals surface area contributed by atoms with Crippen molar-refractivity contribution in [3.8, 4) is 0 Å². The Labute approximate surface area is 140 Å². The molecular formula is C19H18N4O. The molecule has 0 fully saturated rings. The number of hydrogen-bond donors (Lipinski definition) is 2. The Hall–Kier alpha value is -3.31. The van der Waals surface area contributed by atoms with Gasteiger partial charge in [-0.3, -0.25) is 10.2 Å². The van der Waals surface area contributed by atoms with Gasteiger partial charge in [-0.25, -0.2) is 5.84 Å². The first-order valence-electron chi connectivity index (χ1n) is 7.37. The van der Waals surface area contributed by atoms with E-state index in [0.29, 0.717) is 5.56 Å². The highest BCUT2D eigenvalue weighted by Crippen LogP contribution is 2.16. The molecule has 0 aliphatic heterocycles. The highest BCUT2D eigenvalue weighted by molar-refractivity contribution is 5.93. The zero-order chi connectivity index (χ0) is 17.0. The van der Waals surface area contributed by atoms with E-state index in [4.69, 9.17) is 5.84 Å². The van der Waals surface area contributed by atoms with Crippen LogP contribution in [-0.2, 0) is 0 Å². The van der Waals surface area contributed by atoms with Crippen LogP contribution in [0.1, 0.15) is 10.4 Å². The van der Waals surface area contributed by atoms with Gasteiger partial charge in [-0.15, -0.1) is 0 Å². The van der Waals surface area contributed by atoms with Crippen molar-refractivity contribution < 1.29 is 4.79 Å². The molecule has 0 saturated heterocycles.